The van der Waals surface area contributed by atoms with Crippen molar-refractivity contribution in [3.05, 3.63) is 0 Å². The van der Waals surface area contributed by atoms with Crippen LogP contribution in [0.3, 0.4) is 0 Å². The van der Waals surface area contributed by atoms with E-state index in [-0.39, 0.29) is 0 Å². The SMILES string of the molecule is NC(=O)C1(NS(=O)(=O)CCO)CCCCC1. The molecular weight excluding hydrogens is 232 g/mol. The fraction of sp³-hybridized carbons (Fsp3) is 0.889. The van der Waals surface area contributed by atoms with Gasteiger partial charge in [-0.3, -0.25) is 4.79 Å². The quantitative estimate of drug-likeness (QED) is 0.586. The molecule has 0 saturated heterocycles. The van der Waals surface area contributed by atoms with E-state index in [9.17, 15) is 13.2 Å². The Morgan fingerprint density at radius 2 is 1.88 bits per heavy atom. The molecule has 0 aromatic carbocycles. The van der Waals surface area contributed by atoms with Gasteiger partial charge in [0, 0.05) is 0 Å². The van der Waals surface area contributed by atoms with Gasteiger partial charge in [-0.2, -0.15) is 4.72 Å². The first-order valence-electron chi connectivity index (χ1n) is 5.34. The molecule has 0 heterocycles. The van der Waals surface area contributed by atoms with Crippen molar-refractivity contribution >= 4 is 15.9 Å². The van der Waals surface area contributed by atoms with E-state index in [1.165, 1.54) is 0 Å². The Balaban J connectivity index is 2.83. The Labute approximate surface area is 95.3 Å². The molecule has 4 N–H and O–H groups in total. The van der Waals surface area contributed by atoms with Crippen LogP contribution in [0.1, 0.15) is 32.1 Å². The van der Waals surface area contributed by atoms with Crippen LogP contribution in [0.2, 0.25) is 0 Å². The number of sulfonamides is 1. The highest BCUT2D eigenvalue weighted by Crippen LogP contribution is 2.28. The highest BCUT2D eigenvalue weighted by atomic mass is 32.2. The first kappa shape index (κ1) is 13.4. The van der Waals surface area contributed by atoms with E-state index >= 15 is 0 Å². The van der Waals surface area contributed by atoms with Crippen molar-refractivity contribution in [2.45, 2.75) is 37.6 Å². The number of rotatable bonds is 5. The van der Waals surface area contributed by atoms with Crippen LogP contribution in [0.15, 0.2) is 0 Å². The normalized spacial score (nSPS) is 20.6. The number of carbonyl (C=O) groups is 1. The van der Waals surface area contributed by atoms with E-state index in [0.29, 0.717) is 12.8 Å². The standard InChI is InChI=1S/C9H18N2O4S/c10-8(13)9(4-2-1-3-5-9)11-16(14,15)7-6-12/h11-12H,1-7H2,(H2,10,13). The number of aliphatic hydroxyl groups is 1. The molecule has 0 unspecified atom stereocenters. The lowest BCUT2D eigenvalue weighted by Gasteiger charge is -2.34. The summed E-state index contributed by atoms with van der Waals surface area (Å²) in [6.07, 6.45) is 3.42. The van der Waals surface area contributed by atoms with E-state index in [1.54, 1.807) is 0 Å². The van der Waals surface area contributed by atoms with E-state index in [0.717, 1.165) is 19.3 Å². The lowest BCUT2D eigenvalue weighted by atomic mass is 9.82. The van der Waals surface area contributed by atoms with Gasteiger partial charge in [0.05, 0.1) is 12.4 Å². The van der Waals surface area contributed by atoms with Crippen LogP contribution in [0.5, 0.6) is 0 Å². The van der Waals surface area contributed by atoms with Gasteiger partial charge in [-0.15, -0.1) is 0 Å². The molecule has 0 radical (unpaired) electrons. The lowest BCUT2D eigenvalue weighted by Crippen LogP contribution is -2.58. The van der Waals surface area contributed by atoms with Crippen molar-refractivity contribution in [1.82, 2.24) is 4.72 Å². The third-order valence-electron chi connectivity index (χ3n) is 2.89. The number of nitrogens with two attached hydrogens (primary N) is 1. The smallest absolute Gasteiger partial charge is 0.238 e. The predicted octanol–water partition coefficient (Wildman–Crippen LogP) is -0.914. The zero-order chi connectivity index (χ0) is 12.2. The second-order valence-electron chi connectivity index (χ2n) is 4.15. The molecule has 1 amide bonds. The van der Waals surface area contributed by atoms with E-state index in [2.05, 4.69) is 4.72 Å². The van der Waals surface area contributed by atoms with Crippen molar-refractivity contribution in [2.24, 2.45) is 5.73 Å². The zero-order valence-electron chi connectivity index (χ0n) is 9.11. The molecule has 7 heteroatoms. The molecule has 1 rings (SSSR count). The average molecular weight is 250 g/mol. The predicted molar refractivity (Wildman–Crippen MR) is 59.0 cm³/mol. The highest BCUT2D eigenvalue weighted by molar-refractivity contribution is 7.89. The van der Waals surface area contributed by atoms with Gasteiger partial charge < -0.3 is 10.8 Å². The largest absolute Gasteiger partial charge is 0.395 e. The van der Waals surface area contributed by atoms with Gasteiger partial charge in [-0.05, 0) is 12.8 Å². The fourth-order valence-electron chi connectivity index (χ4n) is 2.02. The van der Waals surface area contributed by atoms with Gasteiger partial charge in [0.25, 0.3) is 0 Å². The van der Waals surface area contributed by atoms with Gasteiger partial charge >= 0.3 is 0 Å². The summed E-state index contributed by atoms with van der Waals surface area (Å²) < 4.78 is 25.4. The van der Waals surface area contributed by atoms with Gasteiger partial charge in [0.15, 0.2) is 0 Å². The molecule has 0 aliphatic heterocycles. The summed E-state index contributed by atoms with van der Waals surface area (Å²) >= 11 is 0. The summed E-state index contributed by atoms with van der Waals surface area (Å²) in [6.45, 7) is -0.468. The molecule has 16 heavy (non-hydrogen) atoms. The summed E-state index contributed by atoms with van der Waals surface area (Å²) in [4.78, 5) is 11.4. The van der Waals surface area contributed by atoms with Gasteiger partial charge in [-0.25, -0.2) is 8.42 Å². The van der Waals surface area contributed by atoms with Crippen molar-refractivity contribution in [1.29, 1.82) is 0 Å². The molecule has 94 valence electrons. The van der Waals surface area contributed by atoms with Crippen molar-refractivity contribution in [2.75, 3.05) is 12.4 Å². The number of nitrogens with one attached hydrogen (secondary N) is 1. The summed E-state index contributed by atoms with van der Waals surface area (Å²) in [6, 6.07) is 0. The Kier molecular flexibility index (Phi) is 4.28. The molecule has 0 aromatic rings. The van der Waals surface area contributed by atoms with Crippen LogP contribution in [0.25, 0.3) is 0 Å². The number of primary amides is 1. The van der Waals surface area contributed by atoms with Crippen LogP contribution in [-0.4, -0.2) is 37.3 Å². The maximum absolute atomic E-state index is 11.5. The van der Waals surface area contributed by atoms with Crippen LogP contribution in [-0.2, 0) is 14.8 Å². The first-order chi connectivity index (χ1) is 7.42. The molecule has 0 aromatic heterocycles. The molecule has 6 nitrogen and oxygen atoms in total. The number of amides is 1. The van der Waals surface area contributed by atoms with Crippen molar-refractivity contribution < 1.29 is 18.3 Å². The maximum Gasteiger partial charge on any atom is 0.238 e. The first-order valence-corrected chi connectivity index (χ1v) is 6.99. The summed E-state index contributed by atoms with van der Waals surface area (Å²) in [5.41, 5.74) is 4.13. The average Bonchev–Trinajstić information content (AvgIpc) is 2.17. The molecule has 0 atom stereocenters. The highest BCUT2D eigenvalue weighted by Gasteiger charge is 2.40. The summed E-state index contributed by atoms with van der Waals surface area (Å²) in [5.74, 6) is -1.03. The molecule has 0 bridgehead atoms. The Bertz CT molecular complexity index is 347. The Morgan fingerprint density at radius 3 is 2.31 bits per heavy atom. The van der Waals surface area contributed by atoms with Crippen LogP contribution in [0.4, 0.5) is 0 Å². The van der Waals surface area contributed by atoms with Crippen LogP contribution in [0, 0.1) is 0 Å². The molecule has 1 aliphatic carbocycles. The molecule has 1 fully saturated rings. The minimum atomic E-state index is -3.64. The van der Waals surface area contributed by atoms with Crippen molar-refractivity contribution in [3.8, 4) is 0 Å². The van der Waals surface area contributed by atoms with Crippen molar-refractivity contribution in [3.63, 3.8) is 0 Å². The van der Waals surface area contributed by atoms with E-state index in [1.807, 2.05) is 0 Å². The summed E-state index contributed by atoms with van der Waals surface area (Å²) in [5, 5.41) is 8.62. The van der Waals surface area contributed by atoms with E-state index in [4.69, 9.17) is 10.8 Å². The van der Waals surface area contributed by atoms with Crippen LogP contribution < -0.4 is 10.5 Å². The van der Waals surface area contributed by atoms with Gasteiger partial charge in [0.1, 0.15) is 5.54 Å². The lowest BCUT2D eigenvalue weighted by molar-refractivity contribution is -0.124. The second kappa shape index (κ2) is 5.11. The number of aliphatic hydroxyl groups excluding tert-OH is 1. The maximum atomic E-state index is 11.5. The molecule has 1 saturated carbocycles. The monoisotopic (exact) mass is 250 g/mol. The topological polar surface area (TPSA) is 109 Å². The third kappa shape index (κ3) is 3.16. The van der Waals surface area contributed by atoms with Gasteiger partial charge in [-0.1, -0.05) is 19.3 Å². The fourth-order valence-corrected chi connectivity index (χ4v) is 3.27. The zero-order valence-corrected chi connectivity index (χ0v) is 9.92. The number of hydrogen-bond donors (Lipinski definition) is 3. The molecule has 0 spiro atoms. The number of hydrogen-bond acceptors (Lipinski definition) is 4. The second-order valence-corrected chi connectivity index (χ2v) is 5.99. The van der Waals surface area contributed by atoms with Crippen LogP contribution >= 0.6 is 0 Å². The molecule has 1 aliphatic rings. The minimum Gasteiger partial charge on any atom is -0.395 e. The van der Waals surface area contributed by atoms with Gasteiger partial charge in [0.2, 0.25) is 15.9 Å². The van der Waals surface area contributed by atoms with E-state index < -0.39 is 33.8 Å². The Morgan fingerprint density at radius 1 is 1.31 bits per heavy atom. The summed E-state index contributed by atoms with van der Waals surface area (Å²) in [7, 11) is -3.64. The molecular formula is C9H18N2O4S. The third-order valence-corrected chi connectivity index (χ3v) is 4.31. The Hall–Kier alpha value is -0.660. The minimum absolute atomic E-state index is 0.401. The number of carbonyl (C=O) groups excluding carboxylic acids is 1.